The summed E-state index contributed by atoms with van der Waals surface area (Å²) in [6.45, 7) is 2.39. The second-order valence-corrected chi connectivity index (χ2v) is 10.7. The summed E-state index contributed by atoms with van der Waals surface area (Å²) in [5.41, 5.74) is 4.17. The summed E-state index contributed by atoms with van der Waals surface area (Å²) < 4.78 is 74.7. The Morgan fingerprint density at radius 2 is 1.77 bits per heavy atom. The van der Waals surface area contributed by atoms with Crippen LogP contribution in [0.4, 0.5) is 19.0 Å². The minimum absolute atomic E-state index is 0. The largest absolute Gasteiger partial charge is 0.412 e. The predicted molar refractivity (Wildman–Crippen MR) is 139 cm³/mol. The third-order valence-corrected chi connectivity index (χ3v) is 7.54. The van der Waals surface area contributed by atoms with E-state index in [9.17, 15) is 26.8 Å². The smallest absolute Gasteiger partial charge is 0.359 e. The molecule has 1 unspecified atom stereocenters. The topological polar surface area (TPSA) is 156 Å². The van der Waals surface area contributed by atoms with Crippen LogP contribution in [-0.2, 0) is 14.3 Å². The highest BCUT2D eigenvalue weighted by Gasteiger charge is 2.28. The van der Waals surface area contributed by atoms with E-state index < -0.39 is 49.9 Å². The zero-order chi connectivity index (χ0) is 28.1. The maximum Gasteiger partial charge on any atom is 0.359 e. The lowest BCUT2D eigenvalue weighted by Gasteiger charge is -2.20. The summed E-state index contributed by atoms with van der Waals surface area (Å²) in [4.78, 5) is 31.7. The van der Waals surface area contributed by atoms with E-state index in [1.807, 2.05) is 0 Å². The number of anilines is 1. The molecule has 1 fully saturated rings. The van der Waals surface area contributed by atoms with Crippen LogP contribution in [0.5, 0.6) is 0 Å². The molecule has 0 saturated carbocycles. The molecule has 10 nitrogen and oxygen atoms in total. The maximum absolute atomic E-state index is 15.2. The number of halogens is 3. The first-order valence-corrected chi connectivity index (χ1v) is 13.1. The van der Waals surface area contributed by atoms with Gasteiger partial charge < -0.3 is 20.3 Å². The van der Waals surface area contributed by atoms with Crippen molar-refractivity contribution in [3.63, 3.8) is 0 Å². The second-order valence-electron chi connectivity index (χ2n) is 9.14. The van der Waals surface area contributed by atoms with E-state index in [0.717, 1.165) is 34.5 Å². The number of pyridine rings is 2. The van der Waals surface area contributed by atoms with Crippen LogP contribution in [0.3, 0.4) is 0 Å². The van der Waals surface area contributed by atoms with Gasteiger partial charge in [0.15, 0.2) is 17.3 Å². The fourth-order valence-electron chi connectivity index (χ4n) is 4.32. The molecule has 2 aromatic carbocycles. The van der Waals surface area contributed by atoms with Crippen molar-refractivity contribution in [3.05, 3.63) is 93.5 Å². The van der Waals surface area contributed by atoms with Gasteiger partial charge in [-0.15, -0.1) is 0 Å². The number of nitrogens with two attached hydrogens (primary N) is 1. The standard InChI is InChI=1S/C26H21F3N4O5S.H2O/c1-14-2-5-17(6-3-14)39(36,37)38-26(35)19-13-33(22-7-4-15(27)10-20(22)28)24-18(23(19)34)11-21(29)25(31-24)32-9-8-16(30)12-32;/h2-7,10-11,13,16H,8-9,12,30H2,1H3;1H2. The molecule has 1 atom stereocenters. The number of carbonyl (C=O) groups is 1. The van der Waals surface area contributed by atoms with Crippen LogP contribution >= 0.6 is 0 Å². The molecule has 0 aliphatic carbocycles. The Bertz CT molecular complexity index is 1800. The Labute approximate surface area is 225 Å². The normalized spacial score (nSPS) is 15.2. The molecular formula is C26H23F3N4O6S. The number of benzene rings is 2. The summed E-state index contributed by atoms with van der Waals surface area (Å²) in [6, 6.07) is 8.54. The first kappa shape index (κ1) is 28.7. The Hall–Kier alpha value is -4.27. The molecule has 0 radical (unpaired) electrons. The molecule has 1 aliphatic heterocycles. The van der Waals surface area contributed by atoms with Gasteiger partial charge in [0.05, 0.1) is 11.1 Å². The number of nitrogens with zero attached hydrogens (tertiary/aromatic N) is 3. The molecule has 1 saturated heterocycles. The minimum Gasteiger partial charge on any atom is -0.412 e. The van der Waals surface area contributed by atoms with Gasteiger partial charge in [-0.05, 0) is 43.7 Å². The van der Waals surface area contributed by atoms with Crippen LogP contribution < -0.4 is 16.1 Å². The Balaban J connectivity index is 0.00000370. The Morgan fingerprint density at radius 1 is 1.07 bits per heavy atom. The summed E-state index contributed by atoms with van der Waals surface area (Å²) in [6.07, 6.45) is 1.40. The third-order valence-electron chi connectivity index (χ3n) is 6.32. The van der Waals surface area contributed by atoms with Crippen molar-refractivity contribution in [3.8, 4) is 5.69 Å². The summed E-state index contributed by atoms with van der Waals surface area (Å²) in [5, 5.41) is -0.453. The monoisotopic (exact) mass is 576 g/mol. The van der Waals surface area contributed by atoms with Crippen LogP contribution in [0.2, 0.25) is 0 Å². The number of rotatable bonds is 5. The molecular weight excluding hydrogens is 553 g/mol. The van der Waals surface area contributed by atoms with Crippen molar-refractivity contribution >= 4 is 32.9 Å². The molecule has 0 bridgehead atoms. The van der Waals surface area contributed by atoms with E-state index >= 15 is 4.39 Å². The average molecular weight is 577 g/mol. The van der Waals surface area contributed by atoms with Gasteiger partial charge in [0, 0.05) is 31.4 Å². The molecule has 40 heavy (non-hydrogen) atoms. The highest BCUT2D eigenvalue weighted by atomic mass is 32.2. The lowest BCUT2D eigenvalue weighted by Crippen LogP contribution is -2.28. The first-order valence-electron chi connectivity index (χ1n) is 11.7. The van der Waals surface area contributed by atoms with E-state index in [-0.39, 0.29) is 40.1 Å². The van der Waals surface area contributed by atoms with Gasteiger partial charge in [-0.2, -0.15) is 8.42 Å². The number of aryl methyl sites for hydroxylation is 1. The van der Waals surface area contributed by atoms with Gasteiger partial charge in [-0.3, -0.25) is 9.36 Å². The van der Waals surface area contributed by atoms with Crippen molar-refractivity contribution in [1.82, 2.24) is 9.55 Å². The van der Waals surface area contributed by atoms with Crippen molar-refractivity contribution in [1.29, 1.82) is 0 Å². The zero-order valence-electron chi connectivity index (χ0n) is 20.9. The molecule has 0 spiro atoms. The van der Waals surface area contributed by atoms with Crippen LogP contribution in [0.1, 0.15) is 22.3 Å². The van der Waals surface area contributed by atoms with E-state index in [2.05, 4.69) is 4.98 Å². The lowest BCUT2D eigenvalue weighted by atomic mass is 10.1. The van der Waals surface area contributed by atoms with E-state index in [4.69, 9.17) is 9.92 Å². The van der Waals surface area contributed by atoms with E-state index in [0.29, 0.717) is 19.0 Å². The summed E-state index contributed by atoms with van der Waals surface area (Å²) in [5.74, 6) is -4.60. The molecule has 1 aliphatic rings. The zero-order valence-corrected chi connectivity index (χ0v) is 21.7. The number of aromatic nitrogens is 2. The summed E-state index contributed by atoms with van der Waals surface area (Å²) >= 11 is 0. The van der Waals surface area contributed by atoms with Crippen molar-refractivity contribution in [2.75, 3.05) is 18.0 Å². The van der Waals surface area contributed by atoms with Crippen LogP contribution in [0.15, 0.2) is 64.4 Å². The SMILES string of the molecule is Cc1ccc(S(=O)(=O)OC(=O)c2cn(-c3ccc(F)cc3F)c3nc(N4CCC(N)C4)c(F)cc3c2=O)cc1.O. The van der Waals surface area contributed by atoms with Gasteiger partial charge in [0.25, 0.3) is 0 Å². The lowest BCUT2D eigenvalue weighted by molar-refractivity contribution is 0.0745. The fraction of sp³-hybridized carbons (Fsp3) is 0.192. The molecule has 3 heterocycles. The molecule has 5 rings (SSSR count). The third kappa shape index (κ3) is 5.28. The number of fused-ring (bicyclic) bond motifs is 1. The van der Waals surface area contributed by atoms with Gasteiger partial charge in [-0.25, -0.2) is 22.9 Å². The van der Waals surface area contributed by atoms with Crippen molar-refractivity contribution in [2.45, 2.75) is 24.3 Å². The Kier molecular flexibility index (Phi) is 7.70. The quantitative estimate of drug-likeness (QED) is 0.355. The predicted octanol–water partition coefficient (Wildman–Crippen LogP) is 2.37. The van der Waals surface area contributed by atoms with Crippen molar-refractivity contribution in [2.24, 2.45) is 5.73 Å². The van der Waals surface area contributed by atoms with Crippen molar-refractivity contribution < 1.29 is 36.0 Å². The van der Waals surface area contributed by atoms with Crippen LogP contribution in [0.25, 0.3) is 16.7 Å². The number of carbonyl (C=O) groups excluding carboxylic acids is 1. The molecule has 4 N–H and O–H groups in total. The van der Waals surface area contributed by atoms with E-state index in [1.165, 1.54) is 24.3 Å². The number of hydrogen-bond donors (Lipinski definition) is 1. The molecule has 4 aromatic rings. The fourth-order valence-corrected chi connectivity index (χ4v) is 5.17. The minimum atomic E-state index is -4.65. The molecule has 210 valence electrons. The summed E-state index contributed by atoms with van der Waals surface area (Å²) in [7, 11) is -4.65. The molecule has 14 heteroatoms. The van der Waals surface area contributed by atoms with Gasteiger partial charge >= 0.3 is 16.1 Å². The molecule has 2 aromatic heterocycles. The van der Waals surface area contributed by atoms with Gasteiger partial charge in [0.1, 0.15) is 22.1 Å². The highest BCUT2D eigenvalue weighted by molar-refractivity contribution is 7.87. The average Bonchev–Trinajstić information content (AvgIpc) is 3.30. The first-order chi connectivity index (χ1) is 18.4. The van der Waals surface area contributed by atoms with E-state index in [1.54, 1.807) is 11.8 Å². The molecule has 0 amide bonds. The van der Waals surface area contributed by atoms with Gasteiger partial charge in [0.2, 0.25) is 5.43 Å². The van der Waals surface area contributed by atoms with Crippen LogP contribution in [-0.4, -0.2) is 48.5 Å². The second kappa shape index (κ2) is 10.7. The van der Waals surface area contributed by atoms with Gasteiger partial charge in [-0.1, -0.05) is 17.7 Å². The Morgan fingerprint density at radius 3 is 2.40 bits per heavy atom. The highest BCUT2D eigenvalue weighted by Crippen LogP contribution is 2.27. The van der Waals surface area contributed by atoms with Crippen LogP contribution in [0, 0.1) is 24.4 Å². The number of hydrogen-bond acceptors (Lipinski definition) is 8. The maximum atomic E-state index is 15.2.